The molecule has 0 aromatic carbocycles. The molecular formula is C12H23N3O. The molecule has 1 rings (SSSR count). The van der Waals surface area contributed by atoms with Crippen LogP contribution in [0.5, 0.6) is 0 Å². The van der Waals surface area contributed by atoms with Crippen LogP contribution >= 0.6 is 0 Å². The number of nitrogens with zero attached hydrogens (tertiary/aromatic N) is 2. The van der Waals surface area contributed by atoms with Crippen molar-refractivity contribution in [1.29, 1.82) is 0 Å². The van der Waals surface area contributed by atoms with Gasteiger partial charge in [-0.15, -0.1) is 0 Å². The van der Waals surface area contributed by atoms with Gasteiger partial charge in [0.1, 0.15) is 0 Å². The number of ether oxygens (including phenoxy) is 1. The maximum atomic E-state index is 5.76. The first-order chi connectivity index (χ1) is 7.40. The third-order valence-electron chi connectivity index (χ3n) is 2.35. The summed E-state index contributed by atoms with van der Waals surface area (Å²) in [6.07, 6.45) is 2.86. The Hall–Kier alpha value is -0.870. The van der Waals surface area contributed by atoms with Crippen LogP contribution in [0.3, 0.4) is 0 Å². The van der Waals surface area contributed by atoms with Crippen molar-refractivity contribution < 1.29 is 4.74 Å². The predicted octanol–water partition coefficient (Wildman–Crippen LogP) is 1.37. The Kier molecular flexibility index (Phi) is 4.50. The van der Waals surface area contributed by atoms with E-state index in [0.717, 1.165) is 12.1 Å². The molecular weight excluding hydrogens is 202 g/mol. The monoisotopic (exact) mass is 225 g/mol. The van der Waals surface area contributed by atoms with E-state index in [2.05, 4.69) is 31.2 Å². The molecule has 1 atom stereocenters. The van der Waals surface area contributed by atoms with Crippen LogP contribution < -0.4 is 5.32 Å². The Morgan fingerprint density at radius 1 is 1.50 bits per heavy atom. The fourth-order valence-corrected chi connectivity index (χ4v) is 1.42. The molecule has 0 radical (unpaired) electrons. The molecule has 1 aromatic rings. The molecule has 16 heavy (non-hydrogen) atoms. The van der Waals surface area contributed by atoms with Gasteiger partial charge in [0.25, 0.3) is 0 Å². The minimum atomic E-state index is -0.0841. The molecule has 0 saturated carbocycles. The summed E-state index contributed by atoms with van der Waals surface area (Å²) in [6, 6.07) is 2.36. The Bertz CT molecular complexity index is 314. The Morgan fingerprint density at radius 3 is 2.62 bits per heavy atom. The zero-order chi connectivity index (χ0) is 12.2. The molecule has 0 amide bonds. The van der Waals surface area contributed by atoms with Gasteiger partial charge in [0.05, 0.1) is 17.9 Å². The molecule has 0 fully saturated rings. The lowest BCUT2D eigenvalue weighted by Crippen LogP contribution is -2.36. The highest BCUT2D eigenvalue weighted by Gasteiger charge is 2.15. The van der Waals surface area contributed by atoms with Crippen LogP contribution in [-0.4, -0.2) is 35.1 Å². The second-order valence-electron chi connectivity index (χ2n) is 5.09. The molecule has 4 heteroatoms. The quantitative estimate of drug-likeness (QED) is 0.822. The summed E-state index contributed by atoms with van der Waals surface area (Å²) in [5.74, 6) is 0. The summed E-state index contributed by atoms with van der Waals surface area (Å²) in [4.78, 5) is 0. The highest BCUT2D eigenvalue weighted by molar-refractivity contribution is 5.01. The molecule has 0 aliphatic rings. The van der Waals surface area contributed by atoms with Crippen molar-refractivity contribution in [2.24, 2.45) is 7.05 Å². The van der Waals surface area contributed by atoms with E-state index in [0.29, 0.717) is 12.6 Å². The molecule has 4 nitrogen and oxygen atoms in total. The second-order valence-corrected chi connectivity index (χ2v) is 5.09. The van der Waals surface area contributed by atoms with Crippen molar-refractivity contribution in [3.63, 3.8) is 0 Å². The standard InChI is InChI=1S/C12H23N3O/c1-12(2,3)16-9-11(13-4)8-10-6-7-15(5)14-10/h6-7,11,13H,8-9H2,1-5H3. The van der Waals surface area contributed by atoms with Crippen molar-refractivity contribution in [2.45, 2.75) is 38.8 Å². The lowest BCUT2D eigenvalue weighted by atomic mass is 10.1. The van der Waals surface area contributed by atoms with Crippen LogP contribution in [-0.2, 0) is 18.2 Å². The molecule has 1 N–H and O–H groups in total. The van der Waals surface area contributed by atoms with E-state index < -0.39 is 0 Å². The fraction of sp³-hybridized carbons (Fsp3) is 0.750. The van der Waals surface area contributed by atoms with Crippen molar-refractivity contribution in [1.82, 2.24) is 15.1 Å². The summed E-state index contributed by atoms with van der Waals surface area (Å²) in [6.45, 7) is 6.91. The van der Waals surface area contributed by atoms with E-state index in [9.17, 15) is 0 Å². The highest BCUT2D eigenvalue weighted by atomic mass is 16.5. The average Bonchev–Trinajstić information content (AvgIpc) is 2.57. The minimum Gasteiger partial charge on any atom is -0.374 e. The van der Waals surface area contributed by atoms with Crippen LogP contribution in [0.2, 0.25) is 0 Å². The number of aromatic nitrogens is 2. The summed E-state index contributed by atoms with van der Waals surface area (Å²) in [7, 11) is 3.89. The van der Waals surface area contributed by atoms with Crippen LogP contribution in [0.15, 0.2) is 12.3 Å². The minimum absolute atomic E-state index is 0.0841. The zero-order valence-electron chi connectivity index (χ0n) is 10.9. The number of likely N-dealkylation sites (N-methyl/N-ethyl adjacent to an activating group) is 1. The zero-order valence-corrected chi connectivity index (χ0v) is 10.9. The molecule has 1 aromatic heterocycles. The molecule has 0 saturated heterocycles. The van der Waals surface area contributed by atoms with E-state index in [1.54, 1.807) is 0 Å². The van der Waals surface area contributed by atoms with E-state index in [1.807, 2.05) is 31.0 Å². The van der Waals surface area contributed by atoms with Crippen molar-refractivity contribution in [2.75, 3.05) is 13.7 Å². The lowest BCUT2D eigenvalue weighted by molar-refractivity contribution is -0.0136. The summed E-state index contributed by atoms with van der Waals surface area (Å²) in [5.41, 5.74) is 1.01. The van der Waals surface area contributed by atoms with Crippen molar-refractivity contribution in [3.8, 4) is 0 Å². The molecule has 92 valence electrons. The van der Waals surface area contributed by atoms with E-state index in [-0.39, 0.29) is 5.60 Å². The maximum absolute atomic E-state index is 5.76. The van der Waals surface area contributed by atoms with E-state index >= 15 is 0 Å². The number of nitrogens with one attached hydrogen (secondary N) is 1. The van der Waals surface area contributed by atoms with Gasteiger partial charge in [-0.3, -0.25) is 4.68 Å². The molecule has 0 aliphatic heterocycles. The number of hydrogen-bond donors (Lipinski definition) is 1. The maximum Gasteiger partial charge on any atom is 0.0640 e. The van der Waals surface area contributed by atoms with Crippen molar-refractivity contribution in [3.05, 3.63) is 18.0 Å². The lowest BCUT2D eigenvalue weighted by Gasteiger charge is -2.23. The molecule has 1 heterocycles. The van der Waals surface area contributed by atoms with Gasteiger partial charge < -0.3 is 10.1 Å². The highest BCUT2D eigenvalue weighted by Crippen LogP contribution is 2.08. The number of aryl methyl sites for hydroxylation is 1. The van der Waals surface area contributed by atoms with Gasteiger partial charge in [-0.1, -0.05) is 0 Å². The predicted molar refractivity (Wildman–Crippen MR) is 65.5 cm³/mol. The second kappa shape index (κ2) is 5.46. The normalized spacial score (nSPS) is 14.1. The first-order valence-corrected chi connectivity index (χ1v) is 5.70. The smallest absolute Gasteiger partial charge is 0.0640 e. The third-order valence-corrected chi connectivity index (χ3v) is 2.35. The van der Waals surface area contributed by atoms with Gasteiger partial charge in [0.2, 0.25) is 0 Å². The Labute approximate surface area is 98.0 Å². The SMILES string of the molecule is CNC(COC(C)(C)C)Cc1ccn(C)n1. The molecule has 0 aliphatic carbocycles. The van der Waals surface area contributed by atoms with E-state index in [4.69, 9.17) is 4.74 Å². The largest absolute Gasteiger partial charge is 0.374 e. The summed E-state index contributed by atoms with van der Waals surface area (Å²) >= 11 is 0. The van der Waals surface area contributed by atoms with Crippen molar-refractivity contribution >= 4 is 0 Å². The van der Waals surface area contributed by atoms with Crippen LogP contribution in [0, 0.1) is 0 Å². The number of hydrogen-bond acceptors (Lipinski definition) is 3. The van der Waals surface area contributed by atoms with Gasteiger partial charge in [-0.05, 0) is 33.9 Å². The van der Waals surface area contributed by atoms with Gasteiger partial charge in [0.15, 0.2) is 0 Å². The van der Waals surface area contributed by atoms with Crippen LogP contribution in [0.25, 0.3) is 0 Å². The van der Waals surface area contributed by atoms with Gasteiger partial charge in [-0.2, -0.15) is 5.10 Å². The average molecular weight is 225 g/mol. The van der Waals surface area contributed by atoms with Gasteiger partial charge >= 0.3 is 0 Å². The first-order valence-electron chi connectivity index (χ1n) is 5.70. The van der Waals surface area contributed by atoms with Crippen LogP contribution in [0.4, 0.5) is 0 Å². The fourth-order valence-electron chi connectivity index (χ4n) is 1.42. The van der Waals surface area contributed by atoms with Gasteiger partial charge in [-0.25, -0.2) is 0 Å². The summed E-state index contributed by atoms with van der Waals surface area (Å²) < 4.78 is 7.59. The molecule has 1 unspecified atom stereocenters. The molecule has 0 spiro atoms. The Balaban J connectivity index is 2.43. The summed E-state index contributed by atoms with van der Waals surface area (Å²) in [5, 5.41) is 7.62. The topological polar surface area (TPSA) is 39.1 Å². The first kappa shape index (κ1) is 13.2. The third kappa shape index (κ3) is 4.77. The molecule has 0 bridgehead atoms. The van der Waals surface area contributed by atoms with Crippen LogP contribution in [0.1, 0.15) is 26.5 Å². The van der Waals surface area contributed by atoms with E-state index in [1.165, 1.54) is 0 Å². The Morgan fingerprint density at radius 2 is 2.19 bits per heavy atom. The van der Waals surface area contributed by atoms with Gasteiger partial charge in [0, 0.05) is 25.7 Å². The number of rotatable bonds is 5.